The molecule has 4 nitrogen and oxygen atoms in total. The molecule has 0 N–H and O–H groups in total. The van der Waals surface area contributed by atoms with E-state index in [0.717, 1.165) is 11.4 Å². The summed E-state index contributed by atoms with van der Waals surface area (Å²) in [5.74, 6) is 0.869. The van der Waals surface area contributed by atoms with Crippen LogP contribution in [0.5, 0.6) is 0 Å². The van der Waals surface area contributed by atoms with Crippen LogP contribution in [0.1, 0.15) is 112 Å². The van der Waals surface area contributed by atoms with Gasteiger partial charge in [0.05, 0.1) is 17.6 Å². The van der Waals surface area contributed by atoms with Crippen molar-refractivity contribution >= 4 is 20.3 Å². The monoisotopic (exact) mass is 484 g/mol. The van der Waals surface area contributed by atoms with Crippen molar-refractivity contribution in [3.05, 3.63) is 53.3 Å². The Morgan fingerprint density at radius 3 is 1.50 bits per heavy atom. The lowest BCUT2D eigenvalue weighted by molar-refractivity contribution is 0.252. The quantitative estimate of drug-likeness (QED) is 0.235. The average molecular weight is 485 g/mol. The summed E-state index contributed by atoms with van der Waals surface area (Å²) in [5, 5.41) is 0. The van der Waals surface area contributed by atoms with Crippen molar-refractivity contribution in [1.82, 2.24) is 13.7 Å². The molecule has 0 radical (unpaired) electrons. The Morgan fingerprint density at radius 1 is 0.676 bits per heavy atom. The summed E-state index contributed by atoms with van der Waals surface area (Å²) in [6, 6.07) is 12.8. The number of nitrogens with zero attached hydrogens (tertiary/aromatic N) is 4. The highest BCUT2D eigenvalue weighted by atomic mass is 31.2. The van der Waals surface area contributed by atoms with Crippen molar-refractivity contribution in [3.8, 4) is 0 Å². The van der Waals surface area contributed by atoms with Crippen LogP contribution in [0.25, 0.3) is 0 Å². The second kappa shape index (κ2) is 12.5. The Kier molecular flexibility index (Phi) is 10.5. The van der Waals surface area contributed by atoms with Gasteiger partial charge in [-0.25, -0.2) is 9.34 Å². The Morgan fingerprint density at radius 2 is 1.12 bits per heavy atom. The molecular weight excluding hydrogens is 435 g/mol. The zero-order valence-corrected chi connectivity index (χ0v) is 24.6. The minimum atomic E-state index is -0.753. The van der Waals surface area contributed by atoms with E-state index in [1.54, 1.807) is 0 Å². The number of rotatable bonds is 11. The summed E-state index contributed by atoms with van der Waals surface area (Å²) < 4.78 is 7.83. The van der Waals surface area contributed by atoms with Crippen LogP contribution in [0.2, 0.25) is 0 Å². The lowest BCUT2D eigenvalue weighted by atomic mass is 9.93. The summed E-state index contributed by atoms with van der Waals surface area (Å²) in [6.45, 7) is 27.6. The van der Waals surface area contributed by atoms with Crippen LogP contribution in [-0.4, -0.2) is 44.1 Å². The Balaban J connectivity index is 2.67. The molecule has 0 amide bonds. The van der Waals surface area contributed by atoms with Gasteiger partial charge in [-0.2, -0.15) is 0 Å². The maximum Gasteiger partial charge on any atom is 0.154 e. The van der Waals surface area contributed by atoms with Crippen molar-refractivity contribution in [2.24, 2.45) is 4.99 Å². The fraction of sp³-hybridized carbons (Fsp3) is 0.621. The van der Waals surface area contributed by atoms with E-state index in [-0.39, 0.29) is 0 Å². The molecule has 0 bridgehead atoms. The number of hydrogen-bond donors (Lipinski definition) is 0. The summed E-state index contributed by atoms with van der Waals surface area (Å²) >= 11 is 0. The average Bonchev–Trinajstić information content (AvgIpc) is 3.18. The predicted molar refractivity (Wildman–Crippen MR) is 153 cm³/mol. The van der Waals surface area contributed by atoms with Gasteiger partial charge in [0.25, 0.3) is 0 Å². The fourth-order valence-corrected chi connectivity index (χ4v) is 7.66. The zero-order valence-electron chi connectivity index (χ0n) is 23.7. The van der Waals surface area contributed by atoms with Crippen LogP contribution in [0, 0.1) is 0 Å². The van der Waals surface area contributed by atoms with Gasteiger partial charge in [0.15, 0.2) is 8.37 Å². The van der Waals surface area contributed by atoms with Gasteiger partial charge in [0, 0.05) is 30.4 Å². The Hall–Kier alpha value is -1.48. The normalized spacial score (nSPS) is 13.2. The smallest absolute Gasteiger partial charge is 0.154 e. The van der Waals surface area contributed by atoms with Crippen molar-refractivity contribution in [2.75, 3.05) is 0 Å². The first kappa shape index (κ1) is 28.8. The first-order valence-corrected chi connectivity index (χ1v) is 14.3. The van der Waals surface area contributed by atoms with Gasteiger partial charge in [0.1, 0.15) is 0 Å². The van der Waals surface area contributed by atoms with E-state index in [1.807, 2.05) is 0 Å². The molecule has 0 spiro atoms. The molecule has 34 heavy (non-hydrogen) atoms. The predicted octanol–water partition coefficient (Wildman–Crippen LogP) is 8.80. The van der Waals surface area contributed by atoms with Gasteiger partial charge >= 0.3 is 0 Å². The highest BCUT2D eigenvalue weighted by Gasteiger charge is 2.35. The van der Waals surface area contributed by atoms with Gasteiger partial charge in [-0.3, -0.25) is 9.33 Å². The first-order valence-electron chi connectivity index (χ1n) is 13.1. The van der Waals surface area contributed by atoms with Gasteiger partial charge < -0.3 is 0 Å². The molecule has 0 aliphatic carbocycles. The van der Waals surface area contributed by atoms with Crippen molar-refractivity contribution in [3.63, 3.8) is 0 Å². The molecule has 0 unspecified atom stereocenters. The highest BCUT2D eigenvalue weighted by Crippen LogP contribution is 2.51. The van der Waals surface area contributed by atoms with Crippen molar-refractivity contribution in [1.29, 1.82) is 0 Å². The van der Waals surface area contributed by atoms with E-state index in [2.05, 4.69) is 140 Å². The molecule has 0 aliphatic heterocycles. The molecular formula is C29H49N4P. The molecule has 0 aliphatic rings. The van der Waals surface area contributed by atoms with E-state index < -0.39 is 8.37 Å². The molecule has 5 heteroatoms. The number of benzene rings is 1. The van der Waals surface area contributed by atoms with Crippen LogP contribution in [0.4, 0.5) is 5.69 Å². The topological polar surface area (TPSA) is 23.8 Å². The van der Waals surface area contributed by atoms with Gasteiger partial charge in [-0.05, 0) is 90.5 Å². The SMILES string of the molecule is CC(C)c1cccc(C(C)C)c1N=Cc1cccn1P(N(C(C)C)C(C)C)N(C(C)C)C(C)C. The Bertz CT molecular complexity index is 862. The third kappa shape index (κ3) is 6.59. The summed E-state index contributed by atoms with van der Waals surface area (Å²) in [5.41, 5.74) is 4.94. The molecule has 0 saturated carbocycles. The van der Waals surface area contributed by atoms with E-state index in [4.69, 9.17) is 4.99 Å². The third-order valence-corrected chi connectivity index (χ3v) is 9.57. The number of hydrogen-bond acceptors (Lipinski definition) is 3. The third-order valence-electron chi connectivity index (χ3n) is 6.15. The van der Waals surface area contributed by atoms with E-state index in [0.29, 0.717) is 36.0 Å². The molecule has 1 aromatic carbocycles. The Labute approximate surface area is 211 Å². The van der Waals surface area contributed by atoms with Gasteiger partial charge in [-0.1, -0.05) is 45.9 Å². The van der Waals surface area contributed by atoms with E-state index in [1.165, 1.54) is 11.1 Å². The fourth-order valence-electron chi connectivity index (χ4n) is 4.80. The number of para-hydroxylation sites is 1. The molecule has 2 aromatic rings. The van der Waals surface area contributed by atoms with Crippen LogP contribution in [0.15, 0.2) is 41.5 Å². The van der Waals surface area contributed by atoms with Gasteiger partial charge in [-0.15, -0.1) is 0 Å². The summed E-state index contributed by atoms with van der Waals surface area (Å²) in [6.07, 6.45) is 4.35. The minimum absolute atomic E-state index is 0.435. The second-order valence-corrected chi connectivity index (χ2v) is 12.9. The largest absolute Gasteiger partial charge is 0.300 e. The summed E-state index contributed by atoms with van der Waals surface area (Å²) in [4.78, 5) is 5.16. The maximum atomic E-state index is 5.16. The molecule has 0 saturated heterocycles. The lowest BCUT2D eigenvalue weighted by Crippen LogP contribution is -2.44. The molecule has 1 heterocycles. The maximum absolute atomic E-state index is 5.16. The molecule has 2 rings (SSSR count). The van der Waals surface area contributed by atoms with Crippen molar-refractivity contribution < 1.29 is 0 Å². The molecule has 0 fully saturated rings. The molecule has 1 aromatic heterocycles. The minimum Gasteiger partial charge on any atom is -0.300 e. The summed E-state index contributed by atoms with van der Waals surface area (Å²) in [7, 11) is -0.753. The highest BCUT2D eigenvalue weighted by molar-refractivity contribution is 7.51. The van der Waals surface area contributed by atoms with Crippen LogP contribution < -0.4 is 0 Å². The molecule has 190 valence electrons. The zero-order chi connectivity index (χ0) is 25.7. The lowest BCUT2D eigenvalue weighted by Gasteiger charge is -2.47. The van der Waals surface area contributed by atoms with Crippen LogP contribution in [0.3, 0.4) is 0 Å². The number of aromatic nitrogens is 1. The van der Waals surface area contributed by atoms with E-state index in [9.17, 15) is 0 Å². The van der Waals surface area contributed by atoms with Crippen molar-refractivity contribution in [2.45, 2.75) is 119 Å². The standard InChI is InChI=1S/C29H49N4P/c1-20(2)27-16-13-17-28(21(3)4)29(27)30-19-26-15-14-18-31(26)34(32(22(5)6)23(7)8)33(24(9)10)25(11)12/h13-25H,1-12H3. The van der Waals surface area contributed by atoms with Gasteiger partial charge in [0.2, 0.25) is 0 Å². The first-order chi connectivity index (χ1) is 15.9. The second-order valence-electron chi connectivity index (χ2n) is 11.0. The number of aliphatic imine (C=N–C) groups is 1. The van der Waals surface area contributed by atoms with E-state index >= 15 is 0 Å². The van der Waals surface area contributed by atoms with Crippen LogP contribution in [-0.2, 0) is 0 Å². The van der Waals surface area contributed by atoms with Crippen LogP contribution >= 0.6 is 8.37 Å². The molecule has 0 atom stereocenters.